The lowest BCUT2D eigenvalue weighted by molar-refractivity contribution is 0.0703. The van der Waals surface area contributed by atoms with Crippen molar-refractivity contribution in [2.45, 2.75) is 23.7 Å². The van der Waals surface area contributed by atoms with Gasteiger partial charge in [0.1, 0.15) is 5.82 Å². The summed E-state index contributed by atoms with van der Waals surface area (Å²) in [5, 5.41) is 8.60. The first-order chi connectivity index (χ1) is 15.5. The summed E-state index contributed by atoms with van der Waals surface area (Å²) in [4.78, 5) is 15.2. The van der Waals surface area contributed by atoms with E-state index in [4.69, 9.17) is 4.74 Å². The molecule has 1 atom stereocenters. The number of likely N-dealkylation sites (tertiary alicyclic amines) is 1. The third-order valence-corrected chi connectivity index (χ3v) is 8.00. The molecule has 2 saturated heterocycles. The molecule has 2 aliphatic heterocycles. The predicted octanol–water partition coefficient (Wildman–Crippen LogP) is 1.77. The molecule has 2 fully saturated rings. The predicted molar refractivity (Wildman–Crippen MR) is 117 cm³/mol. The van der Waals surface area contributed by atoms with Crippen LogP contribution in [0.25, 0.3) is 5.65 Å². The maximum absolute atomic E-state index is 13.3. The van der Waals surface area contributed by atoms with Gasteiger partial charge in [0.25, 0.3) is 5.91 Å². The molecule has 3 aromatic rings. The van der Waals surface area contributed by atoms with Gasteiger partial charge in [-0.25, -0.2) is 8.42 Å². The molecule has 10 heteroatoms. The van der Waals surface area contributed by atoms with E-state index in [1.165, 1.54) is 10.4 Å². The van der Waals surface area contributed by atoms with Crippen molar-refractivity contribution in [3.8, 4) is 0 Å². The molecule has 1 amide bonds. The Hall–Kier alpha value is -2.82. The summed E-state index contributed by atoms with van der Waals surface area (Å²) >= 11 is 0. The molecule has 2 aliphatic rings. The summed E-state index contributed by atoms with van der Waals surface area (Å²) < 4.78 is 34.6. The second-order valence-corrected chi connectivity index (χ2v) is 10.1. The number of ether oxygens (including phenoxy) is 1. The van der Waals surface area contributed by atoms with E-state index in [2.05, 4.69) is 10.2 Å². The molecule has 0 spiro atoms. The van der Waals surface area contributed by atoms with Gasteiger partial charge in [-0.3, -0.25) is 9.20 Å². The number of piperidine rings is 1. The molecule has 1 aromatic carbocycles. The Morgan fingerprint density at radius 3 is 2.72 bits per heavy atom. The minimum atomic E-state index is -3.66. The first-order valence-corrected chi connectivity index (χ1v) is 12.2. The van der Waals surface area contributed by atoms with Crippen molar-refractivity contribution in [1.29, 1.82) is 0 Å². The molecule has 0 bridgehead atoms. The lowest BCUT2D eigenvalue weighted by Gasteiger charge is -2.32. The summed E-state index contributed by atoms with van der Waals surface area (Å²) in [6.07, 6.45) is 3.71. The van der Waals surface area contributed by atoms with E-state index in [9.17, 15) is 13.2 Å². The van der Waals surface area contributed by atoms with Crippen LogP contribution in [0.15, 0.2) is 53.6 Å². The van der Waals surface area contributed by atoms with Crippen LogP contribution in [0.5, 0.6) is 0 Å². The second-order valence-electron chi connectivity index (χ2n) is 8.12. The zero-order valence-electron chi connectivity index (χ0n) is 17.6. The van der Waals surface area contributed by atoms with Crippen molar-refractivity contribution in [1.82, 2.24) is 23.8 Å². The van der Waals surface area contributed by atoms with Crippen molar-refractivity contribution in [3.05, 3.63) is 60.0 Å². The highest BCUT2D eigenvalue weighted by atomic mass is 32.2. The van der Waals surface area contributed by atoms with E-state index in [1.807, 2.05) is 28.8 Å². The highest BCUT2D eigenvalue weighted by molar-refractivity contribution is 7.89. The molecule has 0 radical (unpaired) electrons. The van der Waals surface area contributed by atoms with E-state index >= 15 is 0 Å². The molecular formula is C22H25N5O4S. The molecule has 0 N–H and O–H groups in total. The summed E-state index contributed by atoms with van der Waals surface area (Å²) in [7, 11) is -3.66. The molecule has 168 valence electrons. The molecule has 2 aromatic heterocycles. The SMILES string of the molecule is O=C(c1cccc(S(=O)(=O)N2CCOCC2)c1)N1CCC[C@@H](c2nnc3ccccn23)C1. The Labute approximate surface area is 186 Å². The number of aromatic nitrogens is 3. The number of hydrogen-bond donors (Lipinski definition) is 0. The van der Waals surface area contributed by atoms with Crippen LogP contribution in [0.4, 0.5) is 0 Å². The van der Waals surface area contributed by atoms with Gasteiger partial charge >= 0.3 is 0 Å². The number of sulfonamides is 1. The van der Waals surface area contributed by atoms with Crippen LogP contribution in [0, 0.1) is 0 Å². The number of morpholine rings is 1. The Morgan fingerprint density at radius 1 is 1.03 bits per heavy atom. The van der Waals surface area contributed by atoms with Gasteiger partial charge in [-0.1, -0.05) is 12.1 Å². The first kappa shape index (κ1) is 21.0. The summed E-state index contributed by atoms with van der Waals surface area (Å²) in [6, 6.07) is 12.1. The van der Waals surface area contributed by atoms with Crippen molar-refractivity contribution in [2.24, 2.45) is 0 Å². The lowest BCUT2D eigenvalue weighted by atomic mass is 9.96. The summed E-state index contributed by atoms with van der Waals surface area (Å²) in [6.45, 7) is 2.55. The fraction of sp³-hybridized carbons (Fsp3) is 0.409. The Kier molecular flexibility index (Phi) is 5.66. The monoisotopic (exact) mass is 455 g/mol. The van der Waals surface area contributed by atoms with Gasteiger partial charge in [-0.05, 0) is 43.2 Å². The van der Waals surface area contributed by atoms with Gasteiger partial charge in [-0.2, -0.15) is 4.31 Å². The summed E-state index contributed by atoms with van der Waals surface area (Å²) in [5.41, 5.74) is 1.16. The zero-order chi connectivity index (χ0) is 22.1. The topological polar surface area (TPSA) is 97.1 Å². The molecule has 32 heavy (non-hydrogen) atoms. The molecule has 5 rings (SSSR count). The highest BCUT2D eigenvalue weighted by Gasteiger charge is 2.30. The minimum absolute atomic E-state index is 0.0744. The van der Waals surface area contributed by atoms with Crippen LogP contribution >= 0.6 is 0 Å². The third kappa shape index (κ3) is 3.89. The number of benzene rings is 1. The smallest absolute Gasteiger partial charge is 0.253 e. The van der Waals surface area contributed by atoms with Crippen molar-refractivity contribution >= 4 is 21.6 Å². The number of nitrogens with zero attached hydrogens (tertiary/aromatic N) is 5. The Morgan fingerprint density at radius 2 is 1.88 bits per heavy atom. The van der Waals surface area contributed by atoms with Gasteiger partial charge in [-0.15, -0.1) is 10.2 Å². The summed E-state index contributed by atoms with van der Waals surface area (Å²) in [5.74, 6) is 0.759. The van der Waals surface area contributed by atoms with Crippen LogP contribution in [0.2, 0.25) is 0 Å². The average molecular weight is 456 g/mol. The highest BCUT2D eigenvalue weighted by Crippen LogP contribution is 2.27. The molecule has 0 unspecified atom stereocenters. The second kappa shape index (κ2) is 8.61. The lowest BCUT2D eigenvalue weighted by Crippen LogP contribution is -2.41. The van der Waals surface area contributed by atoms with Crippen LogP contribution in [0.3, 0.4) is 0 Å². The Bertz CT molecular complexity index is 1240. The van der Waals surface area contributed by atoms with E-state index < -0.39 is 10.0 Å². The molecule has 9 nitrogen and oxygen atoms in total. The maximum atomic E-state index is 13.3. The third-order valence-electron chi connectivity index (χ3n) is 6.10. The normalized spacial score (nSPS) is 20.5. The quantitative estimate of drug-likeness (QED) is 0.595. The van der Waals surface area contributed by atoms with Crippen LogP contribution in [0.1, 0.15) is 34.9 Å². The Balaban J connectivity index is 1.36. The first-order valence-electron chi connectivity index (χ1n) is 10.8. The van der Waals surface area contributed by atoms with Crippen LogP contribution in [-0.2, 0) is 14.8 Å². The van der Waals surface area contributed by atoms with Gasteiger partial charge in [0.05, 0.1) is 18.1 Å². The van der Waals surface area contributed by atoms with E-state index in [-0.39, 0.29) is 16.7 Å². The zero-order valence-corrected chi connectivity index (χ0v) is 18.4. The van der Waals surface area contributed by atoms with Crippen molar-refractivity contribution < 1.29 is 17.9 Å². The molecule has 4 heterocycles. The van der Waals surface area contributed by atoms with Gasteiger partial charge in [0.15, 0.2) is 5.65 Å². The molecular weight excluding hydrogens is 430 g/mol. The number of amides is 1. The van der Waals surface area contributed by atoms with Crippen molar-refractivity contribution in [2.75, 3.05) is 39.4 Å². The maximum Gasteiger partial charge on any atom is 0.253 e. The van der Waals surface area contributed by atoms with Crippen LogP contribution in [-0.4, -0.2) is 77.5 Å². The van der Waals surface area contributed by atoms with Gasteiger partial charge in [0.2, 0.25) is 10.0 Å². The largest absolute Gasteiger partial charge is 0.379 e. The number of fused-ring (bicyclic) bond motifs is 1. The number of pyridine rings is 1. The fourth-order valence-corrected chi connectivity index (χ4v) is 5.87. The van der Waals surface area contributed by atoms with Crippen LogP contribution < -0.4 is 0 Å². The number of carbonyl (C=O) groups excluding carboxylic acids is 1. The number of carbonyl (C=O) groups is 1. The van der Waals surface area contributed by atoms with Gasteiger partial charge < -0.3 is 9.64 Å². The molecule has 0 saturated carbocycles. The minimum Gasteiger partial charge on any atom is -0.379 e. The van der Waals surface area contributed by atoms with E-state index in [1.54, 1.807) is 23.1 Å². The van der Waals surface area contributed by atoms with E-state index in [0.29, 0.717) is 45.0 Å². The molecule has 0 aliphatic carbocycles. The average Bonchev–Trinajstić information content (AvgIpc) is 3.28. The fourth-order valence-electron chi connectivity index (χ4n) is 4.42. The van der Waals surface area contributed by atoms with Crippen molar-refractivity contribution in [3.63, 3.8) is 0 Å². The van der Waals surface area contributed by atoms with Gasteiger partial charge in [0, 0.05) is 43.9 Å². The number of rotatable bonds is 4. The standard InChI is InChI=1S/C22H25N5O4S/c28-22(17-5-3-7-19(15-17)32(29,30)26-11-13-31-14-12-26)25-9-4-6-18(16-25)21-24-23-20-8-1-2-10-27(20)21/h1-3,5,7-8,10,15,18H,4,6,9,11-14,16H2/t18-/m1/s1. The number of hydrogen-bond acceptors (Lipinski definition) is 6. The van der Waals surface area contributed by atoms with E-state index in [0.717, 1.165) is 24.3 Å².